The largest absolute Gasteiger partial charge is 0.0795 e. The summed E-state index contributed by atoms with van der Waals surface area (Å²) in [6, 6.07) is 17.0. The predicted octanol–water partition coefficient (Wildman–Crippen LogP) is 4.51. The molecule has 0 amide bonds. The van der Waals surface area contributed by atoms with Gasteiger partial charge >= 0.3 is 0 Å². The van der Waals surface area contributed by atoms with Gasteiger partial charge in [0.2, 0.25) is 0 Å². The van der Waals surface area contributed by atoms with Gasteiger partial charge in [-0.1, -0.05) is 72.8 Å². The van der Waals surface area contributed by atoms with Crippen LogP contribution < -0.4 is 0 Å². The van der Waals surface area contributed by atoms with Crippen molar-refractivity contribution in [1.82, 2.24) is 0 Å². The summed E-state index contributed by atoms with van der Waals surface area (Å²) < 4.78 is 0. The number of rotatable bonds is 0. The van der Waals surface area contributed by atoms with Crippen LogP contribution in [0.4, 0.5) is 0 Å². The molecule has 2 aromatic carbocycles. The van der Waals surface area contributed by atoms with Crippen molar-refractivity contribution in [2.24, 2.45) is 0 Å². The molecule has 0 nitrogen and oxygen atoms in total. The molecule has 1 heteroatoms. The van der Waals surface area contributed by atoms with Gasteiger partial charge in [-0.2, -0.15) is 0 Å². The van der Waals surface area contributed by atoms with Gasteiger partial charge in [0, 0.05) is 16.8 Å². The van der Waals surface area contributed by atoms with Gasteiger partial charge in [0.1, 0.15) is 0 Å². The number of hydrogen-bond acceptors (Lipinski definition) is 0. The third-order valence-electron chi connectivity index (χ3n) is 3.38. The van der Waals surface area contributed by atoms with Crippen molar-refractivity contribution in [3.63, 3.8) is 0 Å². The van der Waals surface area contributed by atoms with Gasteiger partial charge in [0.25, 0.3) is 0 Å². The fourth-order valence-corrected chi connectivity index (χ4v) is 2.39. The molecule has 0 N–H and O–H groups in total. The Morgan fingerprint density at radius 1 is 0.579 bits per heavy atom. The fraction of sp³-hybridized carbons (Fsp3) is 0.111. The topological polar surface area (TPSA) is 0 Å². The van der Waals surface area contributed by atoms with Crippen molar-refractivity contribution in [2.75, 3.05) is 0 Å². The summed E-state index contributed by atoms with van der Waals surface area (Å²) in [5.74, 6) is 0. The van der Waals surface area contributed by atoms with Crippen LogP contribution in [0.3, 0.4) is 0 Å². The maximum atomic E-state index is 2.20. The molecule has 0 heterocycles. The zero-order valence-corrected chi connectivity index (χ0v) is 11.7. The Kier molecular flexibility index (Phi) is 4.78. The summed E-state index contributed by atoms with van der Waals surface area (Å²) in [6.45, 7) is 0. The summed E-state index contributed by atoms with van der Waals surface area (Å²) in [6.07, 6.45) is 11.0. The quantitative estimate of drug-likeness (QED) is 0.670. The van der Waals surface area contributed by atoms with Gasteiger partial charge in [-0.15, -0.1) is 0 Å². The molecule has 0 fully saturated rings. The van der Waals surface area contributed by atoms with Gasteiger partial charge in [-0.05, 0) is 35.1 Å². The number of hydrogen-bond donors (Lipinski definition) is 0. The van der Waals surface area contributed by atoms with Crippen LogP contribution in [0.1, 0.15) is 22.3 Å². The second kappa shape index (κ2) is 6.55. The summed E-state index contributed by atoms with van der Waals surface area (Å²) >= 11 is 0. The second-order valence-electron chi connectivity index (χ2n) is 4.61. The van der Waals surface area contributed by atoms with E-state index in [1.165, 1.54) is 22.3 Å². The molecular weight excluding hydrogens is 275 g/mol. The Morgan fingerprint density at radius 3 is 1.42 bits per heavy atom. The van der Waals surface area contributed by atoms with E-state index >= 15 is 0 Å². The minimum absolute atomic E-state index is 0. The summed E-state index contributed by atoms with van der Waals surface area (Å²) in [5.41, 5.74) is 5.69. The van der Waals surface area contributed by atoms with Crippen LogP contribution in [-0.4, -0.2) is 0 Å². The first kappa shape index (κ1) is 13.8. The Morgan fingerprint density at radius 2 is 1.00 bits per heavy atom. The molecule has 97 valence electrons. The molecule has 1 radical (unpaired) electrons. The van der Waals surface area contributed by atoms with Crippen LogP contribution in [0.2, 0.25) is 0 Å². The van der Waals surface area contributed by atoms with Crippen molar-refractivity contribution in [3.05, 3.63) is 82.9 Å². The average Bonchev–Trinajstić information content (AvgIpc) is 3.08. The zero-order valence-electron chi connectivity index (χ0n) is 10.7. The third-order valence-corrected chi connectivity index (χ3v) is 3.38. The van der Waals surface area contributed by atoms with Gasteiger partial charge in [0.05, 0.1) is 0 Å². The van der Waals surface area contributed by atoms with Gasteiger partial charge in [-0.25, -0.2) is 0 Å². The van der Waals surface area contributed by atoms with Crippen molar-refractivity contribution >= 4 is 12.2 Å². The molecule has 0 atom stereocenters. The molecule has 4 rings (SSSR count). The molecule has 0 saturated carbocycles. The van der Waals surface area contributed by atoms with Crippen LogP contribution in [0, 0.1) is 0 Å². The minimum Gasteiger partial charge on any atom is -0.0795 e. The van der Waals surface area contributed by atoms with E-state index in [0.717, 1.165) is 12.8 Å². The third kappa shape index (κ3) is 3.25. The molecule has 0 aromatic heterocycles. The van der Waals surface area contributed by atoms with E-state index in [-0.39, 0.29) is 16.8 Å². The molecule has 19 heavy (non-hydrogen) atoms. The molecule has 0 aliphatic heterocycles. The van der Waals surface area contributed by atoms with Gasteiger partial charge in [0.15, 0.2) is 0 Å². The first-order valence-electron chi connectivity index (χ1n) is 6.42. The van der Waals surface area contributed by atoms with Crippen molar-refractivity contribution < 1.29 is 16.8 Å². The van der Waals surface area contributed by atoms with Crippen LogP contribution in [0.15, 0.2) is 60.7 Å². The van der Waals surface area contributed by atoms with E-state index < -0.39 is 0 Å². The molecule has 0 saturated heterocycles. The van der Waals surface area contributed by atoms with E-state index in [9.17, 15) is 0 Å². The van der Waals surface area contributed by atoms with Crippen LogP contribution in [0.5, 0.6) is 0 Å². The van der Waals surface area contributed by atoms with Gasteiger partial charge < -0.3 is 0 Å². The van der Waals surface area contributed by atoms with E-state index in [0.29, 0.717) is 0 Å². The van der Waals surface area contributed by atoms with E-state index in [4.69, 9.17) is 0 Å². The zero-order chi connectivity index (χ0) is 12.2. The van der Waals surface area contributed by atoms with Crippen LogP contribution >= 0.6 is 0 Å². The van der Waals surface area contributed by atoms with E-state index in [1.54, 1.807) is 0 Å². The van der Waals surface area contributed by atoms with Crippen molar-refractivity contribution in [2.45, 2.75) is 12.8 Å². The Balaban J connectivity index is 0.000000133. The van der Waals surface area contributed by atoms with Crippen molar-refractivity contribution in [1.29, 1.82) is 0 Å². The van der Waals surface area contributed by atoms with Crippen molar-refractivity contribution in [3.8, 4) is 0 Å². The van der Waals surface area contributed by atoms with E-state index in [2.05, 4.69) is 72.8 Å². The molecule has 2 aromatic rings. The standard InChI is InChI=1S/2C9H8.Co/c2*1-2-5-9-7-3-6-8(9)4-1;/h2*1-6H,7H2;. The molecule has 2 aliphatic rings. The Hall–Kier alpha value is -1.57. The Labute approximate surface area is 125 Å². The summed E-state index contributed by atoms with van der Waals surface area (Å²) in [7, 11) is 0. The maximum Gasteiger partial charge on any atom is 0 e. The molecule has 2 aliphatic carbocycles. The average molecular weight is 291 g/mol. The summed E-state index contributed by atoms with van der Waals surface area (Å²) in [5, 5.41) is 0. The normalized spacial score (nSPS) is 13.1. The fourth-order valence-electron chi connectivity index (χ4n) is 2.39. The minimum atomic E-state index is 0. The first-order valence-corrected chi connectivity index (χ1v) is 6.42. The van der Waals surface area contributed by atoms with Gasteiger partial charge in [-0.3, -0.25) is 0 Å². The smallest absolute Gasteiger partial charge is 0 e. The molecule has 0 bridgehead atoms. The van der Waals surface area contributed by atoms with Crippen LogP contribution in [-0.2, 0) is 29.6 Å². The van der Waals surface area contributed by atoms with E-state index in [1.807, 2.05) is 0 Å². The predicted molar refractivity (Wildman–Crippen MR) is 78.4 cm³/mol. The number of benzene rings is 2. The Bertz CT molecular complexity index is 553. The molecular formula is C18H16Co. The molecule has 0 unspecified atom stereocenters. The number of allylic oxidation sites excluding steroid dienone is 2. The first-order chi connectivity index (χ1) is 8.93. The summed E-state index contributed by atoms with van der Waals surface area (Å²) in [4.78, 5) is 0. The van der Waals surface area contributed by atoms with Crippen LogP contribution in [0.25, 0.3) is 12.2 Å². The monoisotopic (exact) mass is 291 g/mol. The number of fused-ring (bicyclic) bond motifs is 2. The SMILES string of the molecule is C1=Cc2ccccc2C1.C1=Cc2ccccc2C1.[Co]. The second-order valence-corrected chi connectivity index (χ2v) is 4.61. The molecule has 0 spiro atoms. The maximum absolute atomic E-state index is 2.20.